The number of unbranched alkanes of at least 4 members (excludes halogenated alkanes) is 6. The van der Waals surface area contributed by atoms with Crippen LogP contribution in [-0.2, 0) is 43.1 Å². The Balaban J connectivity index is 0.0000185. The van der Waals surface area contributed by atoms with E-state index in [-0.39, 0.29) is 98.9 Å². The third-order valence-electron chi connectivity index (χ3n) is 16.1. The first-order valence-corrected chi connectivity index (χ1v) is 31.9. The van der Waals surface area contributed by atoms with Gasteiger partial charge in [0.2, 0.25) is 10.4 Å². The number of carbonyl (C=O) groups excluding carboxylic acids is 1. The fraction of sp³-hybridized carbons (Fsp3) is 0.790. The molecule has 20 atom stereocenters. The number of allylic oxidation sites excluding steroid dienone is 7. The molecule has 8 unspecified atom stereocenters. The fourth-order valence-corrected chi connectivity index (χ4v) is 11.9. The zero-order chi connectivity index (χ0) is 61.1. The Labute approximate surface area is 522 Å². The minimum atomic E-state index is -5.23. The van der Waals surface area contributed by atoms with Gasteiger partial charge in [-0.2, -0.15) is 0 Å². The molecule has 10 N–H and O–H groups in total. The number of ketones is 1. The molecule has 84 heavy (non-hydrogen) atoms. The second kappa shape index (κ2) is 40.9. The molecule has 4 saturated heterocycles. The van der Waals surface area contributed by atoms with Crippen LogP contribution in [0.1, 0.15) is 181 Å². The van der Waals surface area contributed by atoms with Gasteiger partial charge in [-0.15, -0.1) is 6.58 Å². The van der Waals surface area contributed by atoms with Crippen molar-refractivity contribution in [2.75, 3.05) is 6.61 Å². The molecular weight excluding hydrogens is 1120 g/mol. The maximum absolute atomic E-state index is 13.1. The molecule has 0 spiro atoms. The zero-order valence-corrected chi connectivity index (χ0v) is 53.1. The molecule has 0 bridgehead atoms. The number of aliphatic hydroxyl groups excluding tert-OH is 10. The fourth-order valence-electron chi connectivity index (χ4n) is 11.4. The summed E-state index contributed by atoms with van der Waals surface area (Å²) in [6, 6.07) is 0. The third-order valence-corrected chi connectivity index (χ3v) is 16.6. The number of ether oxygens (including phenoxy) is 5. The second-order valence-corrected chi connectivity index (χ2v) is 24.9. The molecule has 4 fully saturated rings. The molecule has 0 aliphatic carbocycles. The van der Waals surface area contributed by atoms with Crippen LogP contribution in [0.15, 0.2) is 73.4 Å². The van der Waals surface area contributed by atoms with Gasteiger partial charge in [-0.3, -0.25) is 8.98 Å². The van der Waals surface area contributed by atoms with Crippen LogP contribution < -0.4 is 29.6 Å². The molecule has 478 valence electrons. The molecule has 22 heteroatoms. The number of hydrogen-bond acceptors (Lipinski definition) is 20. The van der Waals surface area contributed by atoms with E-state index in [9.17, 15) is 68.8 Å². The Hall–Kier alpha value is -1.62. The summed E-state index contributed by atoms with van der Waals surface area (Å²) < 4.78 is 67.7. The van der Waals surface area contributed by atoms with Gasteiger partial charge >= 0.3 is 29.6 Å². The van der Waals surface area contributed by atoms with Crippen molar-refractivity contribution in [1.29, 1.82) is 0 Å². The van der Waals surface area contributed by atoms with Crippen molar-refractivity contribution in [3.05, 3.63) is 73.4 Å². The van der Waals surface area contributed by atoms with Gasteiger partial charge < -0.3 is 79.3 Å². The summed E-state index contributed by atoms with van der Waals surface area (Å²) >= 11 is 0. The number of aliphatic hydroxyl groups is 10. The molecule has 0 saturated carbocycles. The van der Waals surface area contributed by atoms with E-state index in [1.165, 1.54) is 45.4 Å². The average Bonchev–Trinajstić information content (AvgIpc) is 3.50. The van der Waals surface area contributed by atoms with E-state index < -0.39 is 115 Å². The third kappa shape index (κ3) is 30.3. The molecular formula is C62H103NaO20S. The summed E-state index contributed by atoms with van der Waals surface area (Å²) in [5, 5.41) is 105. The van der Waals surface area contributed by atoms with E-state index in [4.69, 9.17) is 23.7 Å². The van der Waals surface area contributed by atoms with Crippen molar-refractivity contribution >= 4 is 16.2 Å². The first-order chi connectivity index (χ1) is 39.5. The topological polar surface area (TPSA) is 335 Å². The standard InChI is InChI=1S/C62H104O20S.Na/c1-6-21-42(4)32-48-37-50(69)52(77-48)26-19-18-24-40(2)22-16-14-12-10-8-7-9-11-13-15-17-23-41(3)28-31-54-53(79-54)27-20-25-47(78-62-60(73)59(72)58(71)57(39-63)81-62)36-46(67)35-45(66)34-44(65)29-30-49(68)55-38-51(70)61(82-83(74,75)76)56(80-55)33-43(5)64;/h6,8,10,16,18-19,22,41,43-44,46-65,67-73H,1-2,4,7,9,11-15,17,20-21,23-39H2,3,5H3,(H,74,75,76);/q;+1/p-1/b10-8+,19-18+,22-16+;/t41?,43?,44?,46?,47?,48-,49?,50-,51+,52+,53?,54?,55+,56-,57-,58-,59+,60-,61+,62-;/m1./s1. The molecule has 0 radical (unpaired) electrons. The van der Waals surface area contributed by atoms with Gasteiger partial charge in [0.05, 0.1) is 86.0 Å². The van der Waals surface area contributed by atoms with Crippen LogP contribution in [0.2, 0.25) is 0 Å². The number of hydrogen-bond donors (Lipinski definition) is 10. The monoisotopic (exact) mass is 1220 g/mol. The molecule has 0 aromatic rings. The normalized spacial score (nSPS) is 30.5. The molecule has 4 aliphatic rings. The van der Waals surface area contributed by atoms with Crippen molar-refractivity contribution in [1.82, 2.24) is 0 Å². The van der Waals surface area contributed by atoms with Gasteiger partial charge in [-0.25, -0.2) is 8.42 Å². The Morgan fingerprint density at radius 1 is 0.690 bits per heavy atom. The van der Waals surface area contributed by atoms with E-state index in [1.54, 1.807) is 0 Å². The van der Waals surface area contributed by atoms with E-state index >= 15 is 0 Å². The molecule has 0 aromatic heterocycles. The van der Waals surface area contributed by atoms with Crippen molar-refractivity contribution in [2.24, 2.45) is 5.92 Å². The molecule has 4 rings (SSSR count). The molecule has 4 heterocycles. The number of carbonyl (C=O) groups is 1. The first-order valence-electron chi connectivity index (χ1n) is 30.5. The largest absolute Gasteiger partial charge is 1.00 e. The number of Topliss-reactive ketones (excluding diaryl/α,β-unsaturated/α-hetero) is 1. The van der Waals surface area contributed by atoms with Gasteiger partial charge in [0.15, 0.2) is 6.29 Å². The van der Waals surface area contributed by atoms with Gasteiger partial charge in [-0.1, -0.05) is 106 Å². The van der Waals surface area contributed by atoms with E-state index in [0.29, 0.717) is 38.0 Å². The maximum atomic E-state index is 13.1. The van der Waals surface area contributed by atoms with Gasteiger partial charge in [0.25, 0.3) is 0 Å². The van der Waals surface area contributed by atoms with E-state index in [1.807, 2.05) is 6.08 Å². The molecule has 0 aromatic carbocycles. The summed E-state index contributed by atoms with van der Waals surface area (Å²) in [6.45, 7) is 15.0. The molecule has 4 aliphatic heterocycles. The SMILES string of the molecule is C=CCC(=C)C[C@@H]1C[C@@H](O)[C@H](C/C=C/CC(=C)/C=C/CC/C=C/CCCCCCCC(C)CCC2OC2CCCC(CC(O)CC(=O)CC(O)CCC(O)[C@@H]2C[C@H](O)[C@H](OS(=O)(=O)[O-])[C@@H](CC(C)O)O2)O[C@@H]2O[C@H](CO)[C@@H](O)[C@H](O)[C@H]2O)O1.[Na+]. The van der Waals surface area contributed by atoms with Crippen molar-refractivity contribution in [3.63, 3.8) is 0 Å². The van der Waals surface area contributed by atoms with Crippen molar-refractivity contribution in [2.45, 2.75) is 297 Å². The summed E-state index contributed by atoms with van der Waals surface area (Å²) in [5.41, 5.74) is 2.13. The molecule has 0 amide bonds. The number of rotatable bonds is 44. The van der Waals surface area contributed by atoms with Crippen LogP contribution >= 0.6 is 0 Å². The van der Waals surface area contributed by atoms with Crippen LogP contribution in [0, 0.1) is 5.92 Å². The van der Waals surface area contributed by atoms with Crippen LogP contribution in [0.5, 0.6) is 0 Å². The van der Waals surface area contributed by atoms with Crippen molar-refractivity contribution < 1.29 is 126 Å². The Morgan fingerprint density at radius 3 is 2.10 bits per heavy atom. The quantitative estimate of drug-likeness (QED) is 0.00797. The number of epoxide rings is 1. The van der Waals surface area contributed by atoms with Crippen LogP contribution in [0.4, 0.5) is 0 Å². The minimum Gasteiger partial charge on any atom is -0.726 e. The summed E-state index contributed by atoms with van der Waals surface area (Å²) in [7, 11) is -5.23. The summed E-state index contributed by atoms with van der Waals surface area (Å²) in [4.78, 5) is 13.1. The van der Waals surface area contributed by atoms with Crippen LogP contribution in [0.3, 0.4) is 0 Å². The zero-order valence-electron chi connectivity index (χ0n) is 50.3. The van der Waals surface area contributed by atoms with Crippen molar-refractivity contribution in [3.8, 4) is 0 Å². The Morgan fingerprint density at radius 2 is 1.38 bits per heavy atom. The Kier molecular flexibility index (Phi) is 37.3. The minimum absolute atomic E-state index is 0. The predicted octanol–water partition coefficient (Wildman–Crippen LogP) is 2.82. The average molecular weight is 1220 g/mol. The van der Waals surface area contributed by atoms with Gasteiger partial charge in [0.1, 0.15) is 36.3 Å². The van der Waals surface area contributed by atoms with Crippen LogP contribution in [-0.4, -0.2) is 193 Å². The molecule has 20 nitrogen and oxygen atoms in total. The predicted molar refractivity (Wildman–Crippen MR) is 311 cm³/mol. The smallest absolute Gasteiger partial charge is 0.726 e. The van der Waals surface area contributed by atoms with Gasteiger partial charge in [-0.05, 0) is 109 Å². The van der Waals surface area contributed by atoms with E-state index in [0.717, 1.165) is 62.5 Å². The van der Waals surface area contributed by atoms with Crippen LogP contribution in [0.25, 0.3) is 0 Å². The van der Waals surface area contributed by atoms with Gasteiger partial charge in [0, 0.05) is 38.5 Å². The summed E-state index contributed by atoms with van der Waals surface area (Å²) in [6.07, 6.45) is 11.7. The van der Waals surface area contributed by atoms with E-state index in [2.05, 4.69) is 67.3 Å². The first kappa shape index (κ1) is 76.6. The second-order valence-electron chi connectivity index (χ2n) is 23.9. The maximum Gasteiger partial charge on any atom is 1.00 e. The Bertz CT molecular complexity index is 2090. The summed E-state index contributed by atoms with van der Waals surface area (Å²) in [5.74, 6) is 0.0765.